The summed E-state index contributed by atoms with van der Waals surface area (Å²) in [7, 11) is 0. The van der Waals surface area contributed by atoms with Gasteiger partial charge in [-0.3, -0.25) is 24.5 Å². The van der Waals surface area contributed by atoms with E-state index in [0.29, 0.717) is 48.2 Å². The van der Waals surface area contributed by atoms with E-state index in [1.54, 1.807) is 35.2 Å². The van der Waals surface area contributed by atoms with Crippen LogP contribution in [0.15, 0.2) is 42.5 Å². The van der Waals surface area contributed by atoms with E-state index in [4.69, 9.17) is 0 Å². The number of hydrogen-bond donors (Lipinski definition) is 2. The standard InChI is InChI=1S/C26H25N3O6/c30-22-9-8-21(23(31)27-22)29-14-20-17(6-3-7-18(20)25(29)33)24(32)28-12-10-15(11-13-28)16-4-1-2-5-19(16)26(34)35/h1-7,15,21H,8-14H2,(H,34,35)(H,27,30,31). The fourth-order valence-electron chi connectivity index (χ4n) is 5.40. The molecule has 2 saturated heterocycles. The molecule has 0 aromatic heterocycles. The molecule has 4 amide bonds. The minimum absolute atomic E-state index is 0.0532. The smallest absolute Gasteiger partial charge is 0.335 e. The number of carboxylic acids is 1. The molecule has 2 aromatic carbocycles. The van der Waals surface area contributed by atoms with Gasteiger partial charge < -0.3 is 14.9 Å². The number of aromatic carboxylic acids is 1. The molecule has 9 heteroatoms. The lowest BCUT2D eigenvalue weighted by molar-refractivity contribution is -0.136. The van der Waals surface area contributed by atoms with Crippen LogP contribution in [0.3, 0.4) is 0 Å². The molecule has 3 aliphatic heterocycles. The highest BCUT2D eigenvalue weighted by Gasteiger charge is 2.41. The SMILES string of the molecule is O=C1CCC(N2Cc3c(C(=O)N4CCC(c5ccccc5C(=O)O)CC4)cccc3C2=O)C(=O)N1. The fourth-order valence-corrected chi connectivity index (χ4v) is 5.40. The van der Waals surface area contributed by atoms with Crippen molar-refractivity contribution in [3.05, 3.63) is 70.3 Å². The molecule has 180 valence electrons. The minimum atomic E-state index is -0.954. The van der Waals surface area contributed by atoms with E-state index < -0.39 is 17.9 Å². The average molecular weight is 476 g/mol. The quantitative estimate of drug-likeness (QED) is 0.653. The third kappa shape index (κ3) is 4.07. The van der Waals surface area contributed by atoms with Crippen LogP contribution in [0.1, 0.15) is 73.8 Å². The number of nitrogens with one attached hydrogen (secondary N) is 1. The van der Waals surface area contributed by atoms with Crippen LogP contribution in [0.25, 0.3) is 0 Å². The van der Waals surface area contributed by atoms with E-state index >= 15 is 0 Å². The zero-order valence-corrected chi connectivity index (χ0v) is 19.0. The fraction of sp³-hybridized carbons (Fsp3) is 0.346. The maximum atomic E-state index is 13.5. The van der Waals surface area contributed by atoms with E-state index in [1.807, 2.05) is 12.1 Å². The Morgan fingerprint density at radius 2 is 1.63 bits per heavy atom. The number of benzene rings is 2. The van der Waals surface area contributed by atoms with Gasteiger partial charge in [-0.15, -0.1) is 0 Å². The Labute approximate surface area is 201 Å². The van der Waals surface area contributed by atoms with Gasteiger partial charge in [0.25, 0.3) is 11.8 Å². The number of amides is 4. The highest BCUT2D eigenvalue weighted by molar-refractivity contribution is 6.07. The van der Waals surface area contributed by atoms with Gasteiger partial charge in [0.2, 0.25) is 11.8 Å². The highest BCUT2D eigenvalue weighted by atomic mass is 16.4. The molecule has 0 aliphatic carbocycles. The monoisotopic (exact) mass is 475 g/mol. The number of rotatable bonds is 4. The van der Waals surface area contributed by atoms with Gasteiger partial charge in [-0.25, -0.2) is 4.79 Å². The van der Waals surface area contributed by atoms with Gasteiger partial charge in [-0.05, 0) is 54.5 Å². The van der Waals surface area contributed by atoms with Crippen LogP contribution in [-0.4, -0.2) is 63.6 Å². The molecule has 9 nitrogen and oxygen atoms in total. The average Bonchev–Trinajstić information content (AvgIpc) is 3.20. The first kappa shape index (κ1) is 22.8. The molecular formula is C26H25N3O6. The number of carboxylic acid groups (broad SMARTS) is 1. The van der Waals surface area contributed by atoms with E-state index in [2.05, 4.69) is 5.32 Å². The van der Waals surface area contributed by atoms with Gasteiger partial charge in [-0.2, -0.15) is 0 Å². The molecule has 1 unspecified atom stereocenters. The van der Waals surface area contributed by atoms with E-state index in [9.17, 15) is 29.1 Å². The third-order valence-electron chi connectivity index (χ3n) is 7.23. The topological polar surface area (TPSA) is 124 Å². The van der Waals surface area contributed by atoms with E-state index in [-0.39, 0.29) is 43.0 Å². The predicted molar refractivity (Wildman–Crippen MR) is 124 cm³/mol. The number of likely N-dealkylation sites (tertiary alicyclic amines) is 1. The number of nitrogens with zero attached hydrogens (tertiary/aromatic N) is 2. The number of hydrogen-bond acceptors (Lipinski definition) is 5. The molecule has 5 rings (SSSR count). The summed E-state index contributed by atoms with van der Waals surface area (Å²) in [4.78, 5) is 65.1. The molecule has 3 aliphatic rings. The van der Waals surface area contributed by atoms with Crippen molar-refractivity contribution in [2.45, 2.75) is 44.2 Å². The maximum absolute atomic E-state index is 13.5. The van der Waals surface area contributed by atoms with Gasteiger partial charge in [0.1, 0.15) is 6.04 Å². The second kappa shape index (κ2) is 8.98. The molecule has 0 radical (unpaired) electrons. The number of piperidine rings is 2. The normalized spacial score (nSPS) is 20.6. The molecule has 2 aromatic rings. The number of imide groups is 1. The Bertz CT molecular complexity index is 1250. The van der Waals surface area contributed by atoms with Crippen molar-refractivity contribution in [1.82, 2.24) is 15.1 Å². The van der Waals surface area contributed by atoms with Gasteiger partial charge in [0.15, 0.2) is 0 Å². The van der Waals surface area contributed by atoms with Crippen molar-refractivity contribution in [2.24, 2.45) is 0 Å². The maximum Gasteiger partial charge on any atom is 0.335 e. The summed E-state index contributed by atoms with van der Waals surface area (Å²) in [5.74, 6) is -2.22. The van der Waals surface area contributed by atoms with Gasteiger partial charge in [0.05, 0.1) is 5.56 Å². The Morgan fingerprint density at radius 3 is 2.34 bits per heavy atom. The molecule has 0 spiro atoms. The molecule has 0 saturated carbocycles. The van der Waals surface area contributed by atoms with Gasteiger partial charge >= 0.3 is 5.97 Å². The van der Waals surface area contributed by atoms with Crippen LogP contribution < -0.4 is 5.32 Å². The van der Waals surface area contributed by atoms with Crippen molar-refractivity contribution in [1.29, 1.82) is 0 Å². The summed E-state index contributed by atoms with van der Waals surface area (Å²) in [6, 6.07) is 11.3. The Balaban J connectivity index is 1.32. The Hall–Kier alpha value is -4.01. The second-order valence-corrected chi connectivity index (χ2v) is 9.19. The summed E-state index contributed by atoms with van der Waals surface area (Å²) >= 11 is 0. The molecule has 2 N–H and O–H groups in total. The van der Waals surface area contributed by atoms with Crippen molar-refractivity contribution in [3.63, 3.8) is 0 Å². The van der Waals surface area contributed by atoms with E-state index in [0.717, 1.165) is 5.56 Å². The van der Waals surface area contributed by atoms with Crippen LogP contribution in [0.5, 0.6) is 0 Å². The lowest BCUT2D eigenvalue weighted by Gasteiger charge is -2.33. The first-order chi connectivity index (χ1) is 16.8. The van der Waals surface area contributed by atoms with Crippen LogP contribution in [0.2, 0.25) is 0 Å². The first-order valence-electron chi connectivity index (χ1n) is 11.7. The van der Waals surface area contributed by atoms with Crippen LogP contribution in [0.4, 0.5) is 0 Å². The van der Waals surface area contributed by atoms with E-state index in [1.165, 1.54) is 4.90 Å². The summed E-state index contributed by atoms with van der Waals surface area (Å²) < 4.78 is 0. The van der Waals surface area contributed by atoms with Crippen molar-refractivity contribution < 1.29 is 29.1 Å². The molecular weight excluding hydrogens is 450 g/mol. The van der Waals surface area contributed by atoms with Crippen molar-refractivity contribution >= 4 is 29.6 Å². The van der Waals surface area contributed by atoms with Crippen molar-refractivity contribution in [3.8, 4) is 0 Å². The number of fused-ring (bicyclic) bond motifs is 1. The lowest BCUT2D eigenvalue weighted by Crippen LogP contribution is -2.52. The molecule has 0 bridgehead atoms. The number of carbonyl (C=O) groups excluding carboxylic acids is 4. The zero-order valence-electron chi connectivity index (χ0n) is 19.0. The summed E-state index contributed by atoms with van der Waals surface area (Å²) in [5, 5.41) is 11.8. The Kier molecular flexibility index (Phi) is 5.84. The van der Waals surface area contributed by atoms with Gasteiger partial charge in [0, 0.05) is 37.2 Å². The third-order valence-corrected chi connectivity index (χ3v) is 7.23. The summed E-state index contributed by atoms with van der Waals surface area (Å²) in [6.07, 6.45) is 1.72. The first-order valence-corrected chi connectivity index (χ1v) is 11.7. The van der Waals surface area contributed by atoms with Crippen LogP contribution in [0, 0.1) is 0 Å². The predicted octanol–water partition coefficient (Wildman–Crippen LogP) is 2.17. The zero-order chi connectivity index (χ0) is 24.7. The van der Waals surface area contributed by atoms with Crippen molar-refractivity contribution in [2.75, 3.05) is 13.1 Å². The second-order valence-electron chi connectivity index (χ2n) is 9.19. The molecule has 3 heterocycles. The summed E-state index contributed by atoms with van der Waals surface area (Å²) in [5.41, 5.74) is 2.54. The highest BCUT2D eigenvalue weighted by Crippen LogP contribution is 2.33. The lowest BCUT2D eigenvalue weighted by atomic mass is 9.86. The summed E-state index contributed by atoms with van der Waals surface area (Å²) in [6.45, 7) is 1.10. The minimum Gasteiger partial charge on any atom is -0.478 e. The van der Waals surface area contributed by atoms with Gasteiger partial charge in [-0.1, -0.05) is 24.3 Å². The molecule has 2 fully saturated rings. The van der Waals surface area contributed by atoms with Crippen LogP contribution in [-0.2, 0) is 16.1 Å². The molecule has 1 atom stereocenters. The largest absolute Gasteiger partial charge is 0.478 e. The van der Waals surface area contributed by atoms with Crippen LogP contribution >= 0.6 is 0 Å². The number of carbonyl (C=O) groups is 5. The molecule has 35 heavy (non-hydrogen) atoms. The Morgan fingerprint density at radius 1 is 0.914 bits per heavy atom.